The molecule has 2 aromatic rings. The standard InChI is InChI=1S/C22H28N4O3S/c1-29-21(27)17-6-7-20(25-8-2-3-9-25)19(15-17)23-22(28)26-12-10-24(11-13-26)16-18-5-4-14-30-18/h4-7,14-15H,2-3,8-13,16H2,1H3,(H,23,28). The maximum absolute atomic E-state index is 13.0. The number of thiophene rings is 1. The summed E-state index contributed by atoms with van der Waals surface area (Å²) in [7, 11) is 1.37. The predicted octanol–water partition coefficient (Wildman–Crippen LogP) is 3.48. The molecule has 30 heavy (non-hydrogen) atoms. The third-order valence-corrected chi connectivity index (χ3v) is 6.59. The lowest BCUT2D eigenvalue weighted by atomic mass is 10.1. The SMILES string of the molecule is COC(=O)c1ccc(N2CCCC2)c(NC(=O)N2CCN(Cc3cccs3)CC2)c1. The van der Waals surface area contributed by atoms with E-state index < -0.39 is 5.97 Å². The minimum atomic E-state index is -0.402. The number of piperazine rings is 1. The predicted molar refractivity (Wildman–Crippen MR) is 119 cm³/mol. The Balaban J connectivity index is 1.42. The Kier molecular flexibility index (Phi) is 6.54. The molecule has 2 amide bonds. The van der Waals surface area contributed by atoms with Gasteiger partial charge in [-0.05, 0) is 42.5 Å². The number of rotatable bonds is 5. The van der Waals surface area contributed by atoms with Gasteiger partial charge in [-0.2, -0.15) is 0 Å². The number of esters is 1. The molecule has 2 aliphatic rings. The van der Waals surface area contributed by atoms with Gasteiger partial charge in [0.2, 0.25) is 0 Å². The van der Waals surface area contributed by atoms with Crippen molar-refractivity contribution in [3.05, 3.63) is 46.2 Å². The first kappa shape index (κ1) is 20.7. The third-order valence-electron chi connectivity index (χ3n) is 5.73. The van der Waals surface area contributed by atoms with E-state index in [1.165, 1.54) is 12.0 Å². The van der Waals surface area contributed by atoms with E-state index in [4.69, 9.17) is 4.74 Å². The number of anilines is 2. The van der Waals surface area contributed by atoms with Gasteiger partial charge in [0.1, 0.15) is 0 Å². The highest BCUT2D eigenvalue weighted by Crippen LogP contribution is 2.30. The van der Waals surface area contributed by atoms with Crippen LogP contribution in [0.15, 0.2) is 35.7 Å². The van der Waals surface area contributed by atoms with Gasteiger partial charge < -0.3 is 19.9 Å². The lowest BCUT2D eigenvalue weighted by Crippen LogP contribution is -2.49. The number of nitrogens with zero attached hydrogens (tertiary/aromatic N) is 3. The maximum atomic E-state index is 13.0. The molecule has 0 bridgehead atoms. The number of benzene rings is 1. The Morgan fingerprint density at radius 2 is 1.83 bits per heavy atom. The second kappa shape index (κ2) is 9.49. The number of ether oxygens (including phenoxy) is 1. The molecule has 160 valence electrons. The molecule has 2 aliphatic heterocycles. The minimum absolute atomic E-state index is 0.117. The molecule has 1 aromatic heterocycles. The highest BCUT2D eigenvalue weighted by Gasteiger charge is 2.24. The highest BCUT2D eigenvalue weighted by atomic mass is 32.1. The van der Waals surface area contributed by atoms with Crippen molar-refractivity contribution in [3.63, 3.8) is 0 Å². The van der Waals surface area contributed by atoms with Crippen molar-refractivity contribution in [3.8, 4) is 0 Å². The van der Waals surface area contributed by atoms with Crippen molar-refractivity contribution in [1.29, 1.82) is 0 Å². The molecule has 0 atom stereocenters. The quantitative estimate of drug-likeness (QED) is 0.739. The van der Waals surface area contributed by atoms with Gasteiger partial charge in [-0.3, -0.25) is 4.90 Å². The van der Waals surface area contributed by atoms with Crippen molar-refractivity contribution < 1.29 is 14.3 Å². The van der Waals surface area contributed by atoms with Crippen LogP contribution < -0.4 is 10.2 Å². The lowest BCUT2D eigenvalue weighted by molar-refractivity contribution is 0.0600. The lowest BCUT2D eigenvalue weighted by Gasteiger charge is -2.34. The summed E-state index contributed by atoms with van der Waals surface area (Å²) >= 11 is 1.77. The molecular formula is C22H28N4O3S. The molecule has 0 radical (unpaired) electrons. The van der Waals surface area contributed by atoms with E-state index >= 15 is 0 Å². The van der Waals surface area contributed by atoms with Crippen molar-refractivity contribution in [2.75, 3.05) is 56.6 Å². The van der Waals surface area contributed by atoms with Gasteiger partial charge in [0.15, 0.2) is 0 Å². The van der Waals surface area contributed by atoms with Gasteiger partial charge in [0.05, 0.1) is 24.0 Å². The summed E-state index contributed by atoms with van der Waals surface area (Å²) in [6.45, 7) is 5.94. The summed E-state index contributed by atoms with van der Waals surface area (Å²) < 4.78 is 4.85. The van der Waals surface area contributed by atoms with E-state index in [1.54, 1.807) is 23.5 Å². The van der Waals surface area contributed by atoms with Crippen LogP contribution in [-0.2, 0) is 11.3 Å². The summed E-state index contributed by atoms with van der Waals surface area (Å²) in [5, 5.41) is 5.15. The average molecular weight is 429 g/mol. The molecule has 1 aromatic carbocycles. The Labute approximate surface area is 181 Å². The number of methoxy groups -OCH3 is 1. The van der Waals surface area contributed by atoms with E-state index in [2.05, 4.69) is 32.6 Å². The largest absolute Gasteiger partial charge is 0.465 e. The molecule has 8 heteroatoms. The first-order valence-corrected chi connectivity index (χ1v) is 11.3. The number of carbonyl (C=O) groups is 2. The van der Waals surface area contributed by atoms with Crippen LogP contribution >= 0.6 is 11.3 Å². The van der Waals surface area contributed by atoms with Crippen LogP contribution in [0, 0.1) is 0 Å². The van der Waals surface area contributed by atoms with Crippen LogP contribution in [0.4, 0.5) is 16.2 Å². The van der Waals surface area contributed by atoms with Crippen LogP contribution in [0.25, 0.3) is 0 Å². The first-order valence-electron chi connectivity index (χ1n) is 10.4. The number of amides is 2. The first-order chi connectivity index (χ1) is 14.6. The molecule has 0 aliphatic carbocycles. The smallest absolute Gasteiger partial charge is 0.337 e. The van der Waals surface area contributed by atoms with Gasteiger partial charge in [-0.1, -0.05) is 6.07 Å². The Hall–Kier alpha value is -2.58. The molecule has 3 heterocycles. The van der Waals surface area contributed by atoms with Crippen molar-refractivity contribution >= 4 is 34.7 Å². The van der Waals surface area contributed by atoms with Crippen molar-refractivity contribution in [2.24, 2.45) is 0 Å². The molecule has 1 N–H and O–H groups in total. The van der Waals surface area contributed by atoms with Crippen LogP contribution in [0.2, 0.25) is 0 Å². The zero-order valence-corrected chi connectivity index (χ0v) is 18.1. The van der Waals surface area contributed by atoms with Gasteiger partial charge in [-0.15, -0.1) is 11.3 Å². The molecule has 0 unspecified atom stereocenters. The second-order valence-corrected chi connectivity index (χ2v) is 8.72. The van der Waals surface area contributed by atoms with Gasteiger partial charge in [0.25, 0.3) is 0 Å². The summed E-state index contributed by atoms with van der Waals surface area (Å²) in [4.78, 5) is 32.8. The van der Waals surface area contributed by atoms with Gasteiger partial charge >= 0.3 is 12.0 Å². The third kappa shape index (κ3) is 4.76. The summed E-state index contributed by atoms with van der Waals surface area (Å²) in [5.74, 6) is -0.402. The topological polar surface area (TPSA) is 65.1 Å². The summed E-state index contributed by atoms with van der Waals surface area (Å²) in [6, 6.07) is 9.50. The number of nitrogens with one attached hydrogen (secondary N) is 1. The molecule has 0 spiro atoms. The summed E-state index contributed by atoms with van der Waals surface area (Å²) in [6.07, 6.45) is 2.27. The van der Waals surface area contributed by atoms with Gasteiger partial charge in [-0.25, -0.2) is 9.59 Å². The van der Waals surface area contributed by atoms with E-state index in [9.17, 15) is 9.59 Å². The van der Waals surface area contributed by atoms with Crippen molar-refractivity contribution in [1.82, 2.24) is 9.80 Å². The molecular weight excluding hydrogens is 400 g/mol. The Bertz CT molecular complexity index is 873. The zero-order chi connectivity index (χ0) is 20.9. The van der Waals surface area contributed by atoms with Crippen LogP contribution in [0.1, 0.15) is 28.1 Å². The number of hydrogen-bond acceptors (Lipinski definition) is 6. The summed E-state index contributed by atoms with van der Waals surface area (Å²) in [5.41, 5.74) is 2.08. The average Bonchev–Trinajstić information content (AvgIpc) is 3.48. The second-order valence-electron chi connectivity index (χ2n) is 7.69. The number of hydrogen-bond donors (Lipinski definition) is 1. The molecule has 2 fully saturated rings. The normalized spacial score (nSPS) is 17.2. The zero-order valence-electron chi connectivity index (χ0n) is 17.3. The fraction of sp³-hybridized carbons (Fsp3) is 0.455. The van der Waals surface area contributed by atoms with Crippen LogP contribution in [0.5, 0.6) is 0 Å². The Morgan fingerprint density at radius 3 is 2.50 bits per heavy atom. The minimum Gasteiger partial charge on any atom is -0.465 e. The molecule has 0 saturated carbocycles. The Morgan fingerprint density at radius 1 is 1.07 bits per heavy atom. The molecule has 4 rings (SSSR count). The maximum Gasteiger partial charge on any atom is 0.337 e. The van der Waals surface area contributed by atoms with E-state index in [1.807, 2.05) is 11.0 Å². The van der Waals surface area contributed by atoms with E-state index in [-0.39, 0.29) is 6.03 Å². The highest BCUT2D eigenvalue weighted by molar-refractivity contribution is 7.09. The van der Waals surface area contributed by atoms with E-state index in [0.29, 0.717) is 24.3 Å². The van der Waals surface area contributed by atoms with E-state index in [0.717, 1.165) is 51.3 Å². The van der Waals surface area contributed by atoms with Crippen LogP contribution in [0.3, 0.4) is 0 Å². The van der Waals surface area contributed by atoms with Crippen molar-refractivity contribution in [2.45, 2.75) is 19.4 Å². The molecule has 7 nitrogen and oxygen atoms in total. The fourth-order valence-corrected chi connectivity index (χ4v) is 4.79. The molecule has 2 saturated heterocycles. The number of carbonyl (C=O) groups excluding carboxylic acids is 2. The van der Waals surface area contributed by atoms with Crippen LogP contribution in [-0.4, -0.2) is 68.2 Å². The monoisotopic (exact) mass is 428 g/mol. The fourth-order valence-electron chi connectivity index (χ4n) is 4.04. The van der Waals surface area contributed by atoms with Gasteiger partial charge in [0, 0.05) is 50.7 Å². The number of urea groups is 1.